The van der Waals surface area contributed by atoms with E-state index in [0.717, 1.165) is 44.1 Å². The third kappa shape index (κ3) is 5.28. The molecule has 12 heteroatoms. The molecule has 0 amide bonds. The molecule has 3 aromatic heterocycles. The Kier molecular flexibility index (Phi) is 7.45. The second kappa shape index (κ2) is 11.0. The van der Waals surface area contributed by atoms with Crippen LogP contribution in [-0.4, -0.2) is 56.3 Å². The molecule has 200 valence electrons. The molecule has 39 heavy (non-hydrogen) atoms. The van der Waals surface area contributed by atoms with E-state index >= 15 is 4.39 Å². The van der Waals surface area contributed by atoms with Gasteiger partial charge in [0.25, 0.3) is 5.56 Å². The van der Waals surface area contributed by atoms with Gasteiger partial charge in [-0.15, -0.1) is 0 Å². The molecule has 4 heterocycles. The molecule has 0 aliphatic carbocycles. The summed E-state index contributed by atoms with van der Waals surface area (Å²) in [6.07, 6.45) is 4.84. The summed E-state index contributed by atoms with van der Waals surface area (Å²) in [6, 6.07) is 9.07. The Morgan fingerprint density at radius 3 is 2.46 bits per heavy atom. The molecule has 1 N–H and O–H groups in total. The van der Waals surface area contributed by atoms with Crippen molar-refractivity contribution in [3.05, 3.63) is 70.3 Å². The number of rotatable bonds is 6. The topological polar surface area (TPSA) is 103 Å². The van der Waals surface area contributed by atoms with E-state index in [1.165, 1.54) is 16.7 Å². The monoisotopic (exact) mass is 548 g/mol. The molecule has 0 saturated carbocycles. The maximum Gasteiger partial charge on any atom is 0.269 e. The van der Waals surface area contributed by atoms with Crippen LogP contribution in [0.2, 0.25) is 0 Å². The second-order valence-electron chi connectivity index (χ2n) is 9.35. The first-order valence-electron chi connectivity index (χ1n) is 12.4. The highest BCUT2D eigenvalue weighted by Crippen LogP contribution is 2.29. The van der Waals surface area contributed by atoms with Crippen molar-refractivity contribution in [2.24, 2.45) is 0 Å². The van der Waals surface area contributed by atoms with Gasteiger partial charge in [0.05, 0.1) is 23.6 Å². The van der Waals surface area contributed by atoms with E-state index in [4.69, 9.17) is 0 Å². The highest BCUT2D eigenvalue weighted by atomic mass is 32.2. The molecule has 0 radical (unpaired) electrons. The van der Waals surface area contributed by atoms with Gasteiger partial charge in [0.1, 0.15) is 29.0 Å². The van der Waals surface area contributed by atoms with E-state index < -0.39 is 17.2 Å². The number of nitriles is 1. The Bertz CT molecular complexity index is 1630. The maximum absolute atomic E-state index is 15.2. The fourth-order valence-electron chi connectivity index (χ4n) is 4.64. The SMILES string of the molecule is CSN1CCN(c2ccc(Nc3ncc(F)c(-c4cc(F)c5cc(C#N)c(=O)n(C(C)C)c5c4)n3)nc2)CC1. The molecule has 1 saturated heterocycles. The molecule has 1 aromatic carbocycles. The Labute approximate surface area is 228 Å². The maximum atomic E-state index is 15.2. The van der Waals surface area contributed by atoms with Crippen LogP contribution in [-0.2, 0) is 0 Å². The lowest BCUT2D eigenvalue weighted by Gasteiger charge is -2.34. The van der Waals surface area contributed by atoms with Gasteiger partial charge < -0.3 is 14.8 Å². The van der Waals surface area contributed by atoms with Crippen molar-refractivity contribution in [3.8, 4) is 17.3 Å². The van der Waals surface area contributed by atoms with E-state index in [9.17, 15) is 14.4 Å². The highest BCUT2D eigenvalue weighted by molar-refractivity contribution is 7.96. The van der Waals surface area contributed by atoms with Crippen molar-refractivity contribution in [1.29, 1.82) is 5.26 Å². The van der Waals surface area contributed by atoms with Gasteiger partial charge >= 0.3 is 0 Å². The normalized spacial score (nSPS) is 14.1. The number of halogens is 2. The van der Waals surface area contributed by atoms with Crippen LogP contribution in [0.1, 0.15) is 25.5 Å². The largest absolute Gasteiger partial charge is 0.368 e. The van der Waals surface area contributed by atoms with Crippen molar-refractivity contribution < 1.29 is 8.78 Å². The van der Waals surface area contributed by atoms with Crippen LogP contribution < -0.4 is 15.8 Å². The lowest BCUT2D eigenvalue weighted by Crippen LogP contribution is -2.43. The predicted octanol–water partition coefficient (Wildman–Crippen LogP) is 4.73. The lowest BCUT2D eigenvalue weighted by molar-refractivity contribution is 0.431. The first-order chi connectivity index (χ1) is 18.8. The number of hydrogen-bond donors (Lipinski definition) is 1. The van der Waals surface area contributed by atoms with Crippen molar-refractivity contribution in [2.75, 3.05) is 42.7 Å². The molecule has 4 aromatic rings. The van der Waals surface area contributed by atoms with E-state index in [2.05, 4.69) is 35.7 Å². The minimum absolute atomic E-state index is 0.0850. The zero-order valence-corrected chi connectivity index (χ0v) is 22.5. The molecule has 1 fully saturated rings. The number of anilines is 3. The third-order valence-electron chi connectivity index (χ3n) is 6.61. The van der Waals surface area contributed by atoms with E-state index in [1.807, 2.05) is 12.1 Å². The van der Waals surface area contributed by atoms with E-state index in [-0.39, 0.29) is 39.7 Å². The van der Waals surface area contributed by atoms with Gasteiger partial charge in [-0.3, -0.25) is 4.79 Å². The molecule has 5 rings (SSSR count). The summed E-state index contributed by atoms with van der Waals surface area (Å²) in [5.41, 5.74) is 0.542. The van der Waals surface area contributed by atoms with Gasteiger partial charge in [-0.05, 0) is 50.4 Å². The average molecular weight is 549 g/mol. The van der Waals surface area contributed by atoms with E-state index in [1.54, 1.807) is 38.1 Å². The number of fused-ring (bicyclic) bond motifs is 1. The zero-order valence-electron chi connectivity index (χ0n) is 21.7. The number of nitrogens with one attached hydrogen (secondary N) is 1. The molecule has 0 unspecified atom stereocenters. The number of aromatic nitrogens is 4. The molecular formula is C27H26F2N8OS. The van der Waals surface area contributed by atoms with Crippen LogP contribution >= 0.6 is 11.9 Å². The fourth-order valence-corrected chi connectivity index (χ4v) is 5.17. The number of pyridine rings is 2. The van der Waals surface area contributed by atoms with Crippen LogP contribution in [0.4, 0.5) is 26.2 Å². The van der Waals surface area contributed by atoms with Crippen LogP contribution in [0.3, 0.4) is 0 Å². The van der Waals surface area contributed by atoms with Crippen molar-refractivity contribution >= 4 is 40.3 Å². The summed E-state index contributed by atoms with van der Waals surface area (Å²) in [5, 5.41) is 12.4. The summed E-state index contributed by atoms with van der Waals surface area (Å²) in [6.45, 7) is 7.25. The molecule has 0 bridgehead atoms. The molecule has 0 atom stereocenters. The Morgan fingerprint density at radius 1 is 1.05 bits per heavy atom. The van der Waals surface area contributed by atoms with Crippen molar-refractivity contribution in [3.63, 3.8) is 0 Å². The average Bonchev–Trinajstić information content (AvgIpc) is 2.94. The first kappa shape index (κ1) is 26.5. The third-order valence-corrected chi connectivity index (χ3v) is 7.49. The second-order valence-corrected chi connectivity index (χ2v) is 10.2. The van der Waals surface area contributed by atoms with Crippen LogP contribution in [0.5, 0.6) is 0 Å². The van der Waals surface area contributed by atoms with Crippen LogP contribution in [0.15, 0.2) is 47.5 Å². The zero-order chi connectivity index (χ0) is 27.7. The van der Waals surface area contributed by atoms with Crippen LogP contribution in [0, 0.1) is 23.0 Å². The number of piperazine rings is 1. The summed E-state index contributed by atoms with van der Waals surface area (Å²) in [4.78, 5) is 27.8. The predicted molar refractivity (Wildman–Crippen MR) is 149 cm³/mol. The van der Waals surface area contributed by atoms with Crippen molar-refractivity contribution in [1.82, 2.24) is 23.8 Å². The molecule has 1 aliphatic rings. The lowest BCUT2D eigenvalue weighted by atomic mass is 10.0. The van der Waals surface area contributed by atoms with Gasteiger partial charge in [-0.25, -0.2) is 28.0 Å². The molecular weight excluding hydrogens is 522 g/mol. The fraction of sp³-hybridized carbons (Fsp3) is 0.296. The minimum Gasteiger partial charge on any atom is -0.368 e. The number of benzene rings is 1. The van der Waals surface area contributed by atoms with Crippen molar-refractivity contribution in [2.45, 2.75) is 19.9 Å². The smallest absolute Gasteiger partial charge is 0.269 e. The van der Waals surface area contributed by atoms with Gasteiger partial charge in [-0.2, -0.15) is 5.26 Å². The van der Waals surface area contributed by atoms with Gasteiger partial charge in [0.15, 0.2) is 5.82 Å². The van der Waals surface area contributed by atoms with Crippen LogP contribution in [0.25, 0.3) is 22.2 Å². The van der Waals surface area contributed by atoms with Gasteiger partial charge in [-0.1, -0.05) is 11.9 Å². The summed E-state index contributed by atoms with van der Waals surface area (Å²) >= 11 is 1.75. The summed E-state index contributed by atoms with van der Waals surface area (Å²) < 4.78 is 33.7. The molecule has 0 spiro atoms. The number of hydrogen-bond acceptors (Lipinski definition) is 9. The summed E-state index contributed by atoms with van der Waals surface area (Å²) in [7, 11) is 0. The van der Waals surface area contributed by atoms with Gasteiger partial charge in [0, 0.05) is 43.2 Å². The Morgan fingerprint density at radius 2 is 1.82 bits per heavy atom. The standard InChI is InChI=1S/C27H26F2N8OS/c1-16(2)37-23-12-17(11-21(28)20(23)10-18(13-30)26(37)38)25-22(29)15-32-27(34-25)33-24-5-4-19(14-31-24)35-6-8-36(39-3)9-7-35/h4-5,10-12,14-16H,6-9H2,1-3H3,(H,31,32,33,34). The minimum atomic E-state index is -0.751. The first-order valence-corrected chi connectivity index (χ1v) is 13.6. The molecule has 9 nitrogen and oxygen atoms in total. The Balaban J connectivity index is 1.45. The number of nitrogens with zero attached hydrogens (tertiary/aromatic N) is 7. The highest BCUT2D eigenvalue weighted by Gasteiger charge is 2.19. The van der Waals surface area contributed by atoms with E-state index in [0.29, 0.717) is 5.82 Å². The quantitative estimate of drug-likeness (QED) is 0.343. The Hall–Kier alpha value is -4.08. The van der Waals surface area contributed by atoms with Gasteiger partial charge in [0.2, 0.25) is 5.95 Å². The summed E-state index contributed by atoms with van der Waals surface area (Å²) in [5.74, 6) is -0.890. The molecule has 1 aliphatic heterocycles.